The molecule has 0 unspecified atom stereocenters. The lowest BCUT2D eigenvalue weighted by atomic mass is 10.2. The Hall–Kier alpha value is -1.36. The van der Waals surface area contributed by atoms with Gasteiger partial charge in [0, 0.05) is 0 Å². The van der Waals surface area contributed by atoms with Crippen LogP contribution in [-0.4, -0.2) is 13.4 Å². The van der Waals surface area contributed by atoms with Crippen LogP contribution in [0.1, 0.15) is 5.56 Å². The van der Waals surface area contributed by atoms with E-state index in [-0.39, 0.29) is 5.75 Å². The van der Waals surface area contributed by atoms with Crippen molar-refractivity contribution < 1.29 is 12.8 Å². The predicted octanol–water partition coefficient (Wildman–Crippen LogP) is 0.939. The highest BCUT2D eigenvalue weighted by Gasteiger charge is 2.00. The maximum Gasteiger partial charge on any atom is 0.181 e. The summed E-state index contributed by atoms with van der Waals surface area (Å²) in [5.74, 6) is 0.0476. The van der Waals surface area contributed by atoms with Gasteiger partial charge in [0.1, 0.15) is 16.2 Å². The van der Waals surface area contributed by atoms with Gasteiger partial charge in [-0.3, -0.25) is 0 Å². The van der Waals surface area contributed by atoms with Gasteiger partial charge in [0.25, 0.3) is 0 Å². The van der Waals surface area contributed by atoms with Crippen molar-refractivity contribution in [3.63, 3.8) is 0 Å². The molecule has 0 saturated carbocycles. The number of aromatic nitrogens is 1. The minimum Gasteiger partial charge on any atom is -0.443 e. The van der Waals surface area contributed by atoms with E-state index in [4.69, 9.17) is 4.42 Å². The van der Waals surface area contributed by atoms with Crippen LogP contribution in [-0.2, 0) is 16.5 Å². The van der Waals surface area contributed by atoms with Gasteiger partial charge in [-0.15, -0.1) is 0 Å². The third-order valence-corrected chi connectivity index (χ3v) is 2.33. The van der Waals surface area contributed by atoms with Gasteiger partial charge in [-0.25, -0.2) is 13.4 Å². The summed E-state index contributed by atoms with van der Waals surface area (Å²) in [7, 11) is -2.38. The molecule has 0 bridgehead atoms. The Labute approximate surface area is 76.1 Å². The molecule has 0 radical (unpaired) electrons. The van der Waals surface area contributed by atoms with E-state index in [2.05, 4.69) is 4.98 Å². The van der Waals surface area contributed by atoms with Crippen LogP contribution in [0.25, 0.3) is 11.1 Å². The molecule has 1 aromatic carbocycles. The molecule has 2 rings (SSSR count). The lowest BCUT2D eigenvalue weighted by Crippen LogP contribution is -1.85. The molecule has 0 aliphatic carbocycles. The molecule has 0 aliphatic rings. The number of oxazole rings is 1. The molecule has 68 valence electrons. The van der Waals surface area contributed by atoms with Crippen molar-refractivity contribution in [1.29, 1.82) is 0 Å². The Morgan fingerprint density at radius 3 is 3.00 bits per heavy atom. The minimum atomic E-state index is -2.38. The Morgan fingerprint density at radius 2 is 2.23 bits per heavy atom. The van der Waals surface area contributed by atoms with E-state index in [1.807, 2.05) is 0 Å². The number of fused-ring (bicyclic) bond motifs is 1. The van der Waals surface area contributed by atoms with Crippen molar-refractivity contribution in [2.45, 2.75) is 5.75 Å². The highest BCUT2D eigenvalue weighted by atomic mass is 32.2. The lowest BCUT2D eigenvalue weighted by Gasteiger charge is -1.92. The van der Waals surface area contributed by atoms with Crippen molar-refractivity contribution in [2.24, 2.45) is 0 Å². The zero-order valence-electron chi connectivity index (χ0n) is 6.64. The molecule has 0 atom stereocenters. The van der Waals surface area contributed by atoms with Crippen LogP contribution >= 0.6 is 0 Å². The number of benzene rings is 1. The second-order valence-electron chi connectivity index (χ2n) is 2.65. The number of hydrogen-bond acceptors (Lipinski definition) is 4. The van der Waals surface area contributed by atoms with E-state index in [0.717, 1.165) is 11.1 Å². The Bertz CT molecular complexity index is 493. The highest BCUT2D eigenvalue weighted by molar-refractivity contribution is 7.71. The van der Waals surface area contributed by atoms with Crippen LogP contribution in [0.2, 0.25) is 0 Å². The fourth-order valence-corrected chi connectivity index (χ4v) is 1.64. The van der Waals surface area contributed by atoms with Crippen LogP contribution in [0.15, 0.2) is 29.0 Å². The molecule has 1 aromatic heterocycles. The van der Waals surface area contributed by atoms with Crippen LogP contribution in [0.5, 0.6) is 0 Å². The number of hydrogen-bond donors (Lipinski definition) is 1. The van der Waals surface area contributed by atoms with Crippen LogP contribution in [0, 0.1) is 0 Å². The van der Waals surface area contributed by atoms with E-state index in [0.29, 0.717) is 5.58 Å². The fourth-order valence-electron chi connectivity index (χ4n) is 1.15. The van der Waals surface area contributed by atoms with E-state index in [1.54, 1.807) is 18.2 Å². The number of nitrogens with zero attached hydrogens (tertiary/aromatic N) is 1. The monoisotopic (exact) mass is 197 g/mol. The fraction of sp³-hybridized carbons (Fsp3) is 0.125. The molecule has 4 nitrogen and oxygen atoms in total. The number of thiol groups is 1. The van der Waals surface area contributed by atoms with Gasteiger partial charge in [-0.2, -0.15) is 0 Å². The first-order valence-electron chi connectivity index (χ1n) is 3.69. The van der Waals surface area contributed by atoms with Gasteiger partial charge in [0.2, 0.25) is 0 Å². The summed E-state index contributed by atoms with van der Waals surface area (Å²) >= 11 is 0. The summed E-state index contributed by atoms with van der Waals surface area (Å²) in [5.41, 5.74) is 2.08. The molecule has 0 N–H and O–H groups in total. The first-order chi connectivity index (χ1) is 6.25. The smallest absolute Gasteiger partial charge is 0.181 e. The van der Waals surface area contributed by atoms with Crippen LogP contribution in [0.3, 0.4) is 0 Å². The van der Waals surface area contributed by atoms with Gasteiger partial charge in [-0.1, -0.05) is 6.07 Å². The molecule has 5 heteroatoms. The first kappa shape index (κ1) is 8.25. The van der Waals surface area contributed by atoms with Crippen molar-refractivity contribution in [3.8, 4) is 0 Å². The standard InChI is InChI=1S/C8H7NO3S/c10-13(11)4-6-1-2-7-8(3-6)12-5-9-7/h1-3,5,13H,4H2. The third-order valence-electron chi connectivity index (χ3n) is 1.71. The van der Waals surface area contributed by atoms with Crippen molar-refractivity contribution in [2.75, 3.05) is 0 Å². The Morgan fingerprint density at radius 1 is 1.38 bits per heavy atom. The third kappa shape index (κ3) is 1.70. The highest BCUT2D eigenvalue weighted by Crippen LogP contribution is 2.14. The molecule has 0 saturated heterocycles. The second-order valence-corrected chi connectivity index (χ2v) is 3.63. The maximum atomic E-state index is 10.4. The molecule has 0 spiro atoms. The van der Waals surface area contributed by atoms with Gasteiger partial charge >= 0.3 is 0 Å². The number of rotatable bonds is 2. The zero-order chi connectivity index (χ0) is 9.26. The predicted molar refractivity (Wildman–Crippen MR) is 48.0 cm³/mol. The van der Waals surface area contributed by atoms with Crippen molar-refractivity contribution >= 4 is 21.8 Å². The molecule has 2 aromatic rings. The Balaban J connectivity index is 2.48. The summed E-state index contributed by atoms with van der Waals surface area (Å²) in [6.07, 6.45) is 1.34. The summed E-state index contributed by atoms with van der Waals surface area (Å²) in [4.78, 5) is 3.92. The SMILES string of the molecule is O=[SH](=O)Cc1ccc2ncoc2c1. The molecule has 13 heavy (non-hydrogen) atoms. The second kappa shape index (κ2) is 3.18. The summed E-state index contributed by atoms with van der Waals surface area (Å²) in [6, 6.07) is 5.16. The summed E-state index contributed by atoms with van der Waals surface area (Å²) in [5, 5.41) is 0. The topological polar surface area (TPSA) is 60.2 Å². The van der Waals surface area contributed by atoms with Crippen molar-refractivity contribution in [1.82, 2.24) is 4.98 Å². The summed E-state index contributed by atoms with van der Waals surface area (Å²) in [6.45, 7) is 0. The molecule has 0 aliphatic heterocycles. The molecular formula is C8H7NO3S. The lowest BCUT2D eigenvalue weighted by molar-refractivity contribution is 0.601. The minimum absolute atomic E-state index is 0.0476. The zero-order valence-corrected chi connectivity index (χ0v) is 7.53. The van der Waals surface area contributed by atoms with Crippen LogP contribution in [0.4, 0.5) is 0 Å². The van der Waals surface area contributed by atoms with Gasteiger partial charge in [0.15, 0.2) is 12.0 Å². The maximum absolute atomic E-state index is 10.4. The van der Waals surface area contributed by atoms with E-state index >= 15 is 0 Å². The summed E-state index contributed by atoms with van der Waals surface area (Å²) < 4.78 is 25.9. The van der Waals surface area contributed by atoms with Crippen LogP contribution < -0.4 is 0 Å². The molecular weight excluding hydrogens is 190 g/mol. The van der Waals surface area contributed by atoms with Gasteiger partial charge in [-0.05, 0) is 17.7 Å². The largest absolute Gasteiger partial charge is 0.443 e. The van der Waals surface area contributed by atoms with E-state index < -0.39 is 10.7 Å². The average molecular weight is 197 g/mol. The van der Waals surface area contributed by atoms with E-state index in [1.165, 1.54) is 6.39 Å². The molecule has 0 amide bonds. The average Bonchev–Trinajstić information content (AvgIpc) is 2.49. The van der Waals surface area contributed by atoms with E-state index in [9.17, 15) is 8.42 Å². The quantitative estimate of drug-likeness (QED) is 0.728. The van der Waals surface area contributed by atoms with Crippen molar-refractivity contribution in [3.05, 3.63) is 30.2 Å². The van der Waals surface area contributed by atoms with Gasteiger partial charge in [0.05, 0.1) is 5.75 Å². The molecule has 1 heterocycles. The normalized spacial score (nSPS) is 11.2. The first-order valence-corrected chi connectivity index (χ1v) is 5.06. The Kier molecular flexibility index (Phi) is 2.02. The molecule has 0 fully saturated rings. The van der Waals surface area contributed by atoms with Gasteiger partial charge < -0.3 is 4.42 Å².